The van der Waals surface area contributed by atoms with Crippen LogP contribution in [-0.4, -0.2) is 15.6 Å². The van der Waals surface area contributed by atoms with E-state index in [9.17, 15) is 10.1 Å². The lowest BCUT2D eigenvalue weighted by Crippen LogP contribution is -2.33. The number of allylic oxidation sites excluding steroid dienone is 3. The van der Waals surface area contributed by atoms with Crippen molar-refractivity contribution in [3.05, 3.63) is 40.2 Å². The van der Waals surface area contributed by atoms with E-state index in [1.54, 1.807) is 0 Å². The number of nitrogens with two attached hydrogens (primary N) is 1. The summed E-state index contributed by atoms with van der Waals surface area (Å²) in [5, 5.41) is 14.4. The van der Waals surface area contributed by atoms with Crippen molar-refractivity contribution in [2.24, 2.45) is 11.1 Å². The summed E-state index contributed by atoms with van der Waals surface area (Å²) < 4.78 is 7.60. The molecule has 2 N–H and O–H groups in total. The Hall–Kier alpha value is -2.55. The smallest absolute Gasteiger partial charge is 0.205 e. The van der Waals surface area contributed by atoms with Crippen LogP contribution >= 0.6 is 0 Å². The van der Waals surface area contributed by atoms with Gasteiger partial charge in [0.2, 0.25) is 5.88 Å². The van der Waals surface area contributed by atoms with Gasteiger partial charge in [0.05, 0.1) is 11.6 Å². The largest absolute Gasteiger partial charge is 0.444 e. The molecule has 0 saturated carbocycles. The molecule has 1 aliphatic carbocycles. The molecule has 0 amide bonds. The van der Waals surface area contributed by atoms with Crippen molar-refractivity contribution in [1.82, 2.24) is 9.78 Å². The van der Waals surface area contributed by atoms with Crippen LogP contribution in [0, 0.1) is 16.7 Å². The van der Waals surface area contributed by atoms with E-state index < -0.39 is 5.92 Å². The van der Waals surface area contributed by atoms with Crippen LogP contribution in [-0.2, 0) is 16.1 Å². The molecule has 0 spiro atoms. The van der Waals surface area contributed by atoms with Gasteiger partial charge in [0.15, 0.2) is 5.78 Å². The summed E-state index contributed by atoms with van der Waals surface area (Å²) in [6.45, 7) is 10.9. The van der Waals surface area contributed by atoms with E-state index in [2.05, 4.69) is 25.0 Å². The number of aromatic nitrogens is 2. The summed E-state index contributed by atoms with van der Waals surface area (Å²) in [5.41, 5.74) is 8.55. The Morgan fingerprint density at radius 2 is 2.15 bits per heavy atom. The van der Waals surface area contributed by atoms with Crippen LogP contribution in [0.5, 0.6) is 0 Å². The number of Topliss-reactive ketones (excluding diaryl/α,β-unsaturated/α-hetero) is 1. The molecule has 0 radical (unpaired) electrons. The van der Waals surface area contributed by atoms with Crippen LogP contribution in [0.25, 0.3) is 0 Å². The molecule has 6 nitrogen and oxygen atoms in total. The van der Waals surface area contributed by atoms with E-state index in [1.165, 1.54) is 0 Å². The third-order valence-corrected chi connectivity index (χ3v) is 5.08. The van der Waals surface area contributed by atoms with Crippen LogP contribution in [0.3, 0.4) is 0 Å². The summed E-state index contributed by atoms with van der Waals surface area (Å²) in [5.74, 6) is 0.402. The maximum absolute atomic E-state index is 13.0. The average Bonchev–Trinajstić information content (AvgIpc) is 2.96. The molecule has 2 aliphatic rings. The lowest BCUT2D eigenvalue weighted by atomic mass is 9.70. The number of hydrogen-bond acceptors (Lipinski definition) is 5. The predicted molar refractivity (Wildman–Crippen MR) is 97.7 cm³/mol. The SMILES string of the molecule is CCn1cc([C@@H]2C(C#N)=C(N)OC3=C2C(=O)CC(C)(C)C3)c(C(C)C)n1. The van der Waals surface area contributed by atoms with Crippen molar-refractivity contribution < 1.29 is 9.53 Å². The van der Waals surface area contributed by atoms with E-state index in [-0.39, 0.29) is 23.0 Å². The second-order valence-corrected chi connectivity index (χ2v) is 8.18. The highest BCUT2D eigenvalue weighted by Crippen LogP contribution is 2.48. The number of aryl methyl sites for hydroxylation is 1. The lowest BCUT2D eigenvalue weighted by molar-refractivity contribution is -0.119. The summed E-state index contributed by atoms with van der Waals surface area (Å²) in [4.78, 5) is 13.0. The van der Waals surface area contributed by atoms with Gasteiger partial charge in [-0.1, -0.05) is 27.7 Å². The molecule has 0 unspecified atom stereocenters. The van der Waals surface area contributed by atoms with Gasteiger partial charge < -0.3 is 10.5 Å². The summed E-state index contributed by atoms with van der Waals surface area (Å²) in [6.07, 6.45) is 3.00. The van der Waals surface area contributed by atoms with E-state index >= 15 is 0 Å². The number of nitrogens with zero attached hydrogens (tertiary/aromatic N) is 3. The highest BCUT2D eigenvalue weighted by Gasteiger charge is 2.44. The number of carbonyl (C=O) groups excluding carboxylic acids is 1. The Morgan fingerprint density at radius 1 is 1.46 bits per heavy atom. The van der Waals surface area contributed by atoms with Gasteiger partial charge in [-0.2, -0.15) is 10.4 Å². The highest BCUT2D eigenvalue weighted by atomic mass is 16.5. The minimum Gasteiger partial charge on any atom is -0.444 e. The second-order valence-electron chi connectivity index (χ2n) is 8.18. The molecule has 0 saturated heterocycles. The number of hydrogen-bond donors (Lipinski definition) is 1. The van der Waals surface area contributed by atoms with Crippen molar-refractivity contribution in [3.8, 4) is 6.07 Å². The van der Waals surface area contributed by atoms with E-state index in [0.29, 0.717) is 29.7 Å². The fraction of sp³-hybridized carbons (Fsp3) is 0.550. The molecule has 6 heteroatoms. The van der Waals surface area contributed by atoms with Crippen LogP contribution < -0.4 is 5.73 Å². The van der Waals surface area contributed by atoms with Crippen LogP contribution in [0.2, 0.25) is 0 Å². The molecule has 138 valence electrons. The first kappa shape index (κ1) is 18.2. The third-order valence-electron chi connectivity index (χ3n) is 5.08. The quantitative estimate of drug-likeness (QED) is 0.897. The maximum Gasteiger partial charge on any atom is 0.205 e. The van der Waals surface area contributed by atoms with Crippen LogP contribution in [0.1, 0.15) is 70.6 Å². The van der Waals surface area contributed by atoms with Gasteiger partial charge in [-0.3, -0.25) is 9.48 Å². The first-order valence-electron chi connectivity index (χ1n) is 9.09. The maximum atomic E-state index is 13.0. The van der Waals surface area contributed by atoms with E-state index in [1.807, 2.05) is 31.6 Å². The Bertz CT molecular complexity index is 865. The van der Waals surface area contributed by atoms with Gasteiger partial charge >= 0.3 is 0 Å². The zero-order valence-corrected chi connectivity index (χ0v) is 16.1. The zero-order chi connectivity index (χ0) is 19.2. The van der Waals surface area contributed by atoms with Crippen molar-refractivity contribution >= 4 is 5.78 Å². The molecule has 26 heavy (non-hydrogen) atoms. The van der Waals surface area contributed by atoms with Gasteiger partial charge in [0.1, 0.15) is 17.4 Å². The Balaban J connectivity index is 2.24. The molecule has 1 aromatic heterocycles. The molecule has 3 rings (SSSR count). The van der Waals surface area contributed by atoms with E-state index in [4.69, 9.17) is 10.5 Å². The standard InChI is InChI=1S/C20H26N4O2/c1-6-24-10-13(18(23-24)11(2)3)16-12(9-21)19(22)26-15-8-20(4,5)7-14(25)17(15)16/h10-11,16H,6-8,22H2,1-5H3/t16-/m0/s1. The predicted octanol–water partition coefficient (Wildman–Crippen LogP) is 3.48. The van der Waals surface area contributed by atoms with Crippen molar-refractivity contribution in [2.75, 3.05) is 0 Å². The molecular weight excluding hydrogens is 328 g/mol. The fourth-order valence-electron chi connectivity index (χ4n) is 3.88. The summed E-state index contributed by atoms with van der Waals surface area (Å²) in [7, 11) is 0. The lowest BCUT2D eigenvalue weighted by Gasteiger charge is -2.37. The van der Waals surface area contributed by atoms with Gasteiger partial charge in [-0.05, 0) is 18.3 Å². The normalized spacial score (nSPS) is 22.3. The second kappa shape index (κ2) is 6.31. The number of rotatable bonds is 3. The molecular formula is C20H26N4O2. The van der Waals surface area contributed by atoms with Crippen LogP contribution in [0.4, 0.5) is 0 Å². The average molecular weight is 354 g/mol. The number of ketones is 1. The molecule has 1 aromatic rings. The topological polar surface area (TPSA) is 93.9 Å². The summed E-state index contributed by atoms with van der Waals surface area (Å²) in [6, 6.07) is 2.18. The molecule has 0 aromatic carbocycles. The third kappa shape index (κ3) is 2.92. The molecule has 1 aliphatic heterocycles. The Labute approximate surface area is 154 Å². The number of carbonyl (C=O) groups is 1. The highest BCUT2D eigenvalue weighted by molar-refractivity contribution is 6.00. The van der Waals surface area contributed by atoms with Gasteiger partial charge in [-0.15, -0.1) is 0 Å². The first-order valence-corrected chi connectivity index (χ1v) is 9.09. The first-order chi connectivity index (χ1) is 12.2. The zero-order valence-electron chi connectivity index (χ0n) is 16.1. The van der Waals surface area contributed by atoms with Crippen molar-refractivity contribution in [3.63, 3.8) is 0 Å². The minimum atomic E-state index is -0.495. The fourth-order valence-corrected chi connectivity index (χ4v) is 3.88. The van der Waals surface area contributed by atoms with E-state index in [0.717, 1.165) is 17.8 Å². The van der Waals surface area contributed by atoms with Crippen LogP contribution in [0.15, 0.2) is 29.0 Å². The molecule has 1 atom stereocenters. The number of ether oxygens (including phenoxy) is 1. The Morgan fingerprint density at radius 3 is 2.73 bits per heavy atom. The molecule has 2 heterocycles. The molecule has 0 fully saturated rings. The van der Waals surface area contributed by atoms with Crippen molar-refractivity contribution in [2.45, 2.75) is 65.8 Å². The van der Waals surface area contributed by atoms with Gasteiger partial charge in [-0.25, -0.2) is 0 Å². The summed E-state index contributed by atoms with van der Waals surface area (Å²) >= 11 is 0. The monoisotopic (exact) mass is 354 g/mol. The minimum absolute atomic E-state index is 0.0282. The number of nitriles is 1. The van der Waals surface area contributed by atoms with Gasteiger partial charge in [0, 0.05) is 36.7 Å². The molecule has 0 bridgehead atoms. The van der Waals surface area contributed by atoms with Gasteiger partial charge in [0.25, 0.3) is 0 Å². The van der Waals surface area contributed by atoms with Crippen molar-refractivity contribution in [1.29, 1.82) is 5.26 Å². The Kier molecular flexibility index (Phi) is 4.43.